The van der Waals surface area contributed by atoms with Crippen LogP contribution in [0.15, 0.2) is 0 Å². The van der Waals surface area contributed by atoms with Crippen molar-refractivity contribution in [2.75, 3.05) is 20.1 Å². The van der Waals surface area contributed by atoms with Crippen molar-refractivity contribution in [3.05, 3.63) is 0 Å². The number of likely N-dealkylation sites (N-methyl/N-ethyl adjacent to an activating group) is 1. The van der Waals surface area contributed by atoms with Gasteiger partial charge < -0.3 is 10.6 Å². The quantitative estimate of drug-likeness (QED) is 0.607. The van der Waals surface area contributed by atoms with E-state index in [0.29, 0.717) is 6.04 Å². The molecule has 0 aliphatic carbocycles. The van der Waals surface area contributed by atoms with Crippen molar-refractivity contribution in [1.82, 2.24) is 10.6 Å². The molecule has 0 aliphatic heterocycles. The Hall–Kier alpha value is -0.0800. The molecule has 0 saturated carbocycles. The van der Waals surface area contributed by atoms with E-state index in [4.69, 9.17) is 0 Å². The molecule has 0 aromatic carbocycles. The largest absolute Gasteiger partial charge is 0.318 e. The van der Waals surface area contributed by atoms with Gasteiger partial charge in [0.15, 0.2) is 0 Å². The Morgan fingerprint density at radius 3 is 2.27 bits per heavy atom. The van der Waals surface area contributed by atoms with Gasteiger partial charge in [-0.2, -0.15) is 0 Å². The Balaban J connectivity index is 3.10. The van der Waals surface area contributed by atoms with E-state index in [2.05, 4.69) is 31.4 Å². The molecule has 0 aromatic heterocycles. The molecule has 0 radical (unpaired) electrons. The van der Waals surface area contributed by atoms with Crippen LogP contribution in [0.5, 0.6) is 0 Å². The zero-order chi connectivity index (χ0) is 8.69. The summed E-state index contributed by atoms with van der Waals surface area (Å²) < 4.78 is 0. The van der Waals surface area contributed by atoms with Gasteiger partial charge in [-0.05, 0) is 32.9 Å². The van der Waals surface area contributed by atoms with Crippen LogP contribution in [0.25, 0.3) is 0 Å². The van der Waals surface area contributed by atoms with Gasteiger partial charge >= 0.3 is 0 Å². The standard InChI is InChI=1S/C9H22N2/c1-8(2)5-6-11-9(3)7-10-4/h8-11H,5-7H2,1-4H3. The minimum atomic E-state index is 0.596. The van der Waals surface area contributed by atoms with Gasteiger partial charge in [0.05, 0.1) is 0 Å². The minimum absolute atomic E-state index is 0.596. The third kappa shape index (κ3) is 7.82. The summed E-state index contributed by atoms with van der Waals surface area (Å²) in [6.45, 7) is 8.91. The van der Waals surface area contributed by atoms with E-state index < -0.39 is 0 Å². The highest BCUT2D eigenvalue weighted by Gasteiger charge is 1.98. The summed E-state index contributed by atoms with van der Waals surface area (Å²) in [5.41, 5.74) is 0. The predicted octanol–water partition coefficient (Wildman–Crippen LogP) is 1.23. The van der Waals surface area contributed by atoms with Gasteiger partial charge in [-0.3, -0.25) is 0 Å². The lowest BCUT2D eigenvalue weighted by atomic mass is 10.1. The number of nitrogens with one attached hydrogen (secondary N) is 2. The van der Waals surface area contributed by atoms with E-state index in [-0.39, 0.29) is 0 Å². The third-order valence-electron chi connectivity index (χ3n) is 1.72. The summed E-state index contributed by atoms with van der Waals surface area (Å²) >= 11 is 0. The first-order valence-electron chi connectivity index (χ1n) is 4.54. The summed E-state index contributed by atoms with van der Waals surface area (Å²) in [4.78, 5) is 0. The molecule has 2 nitrogen and oxygen atoms in total. The smallest absolute Gasteiger partial charge is 0.0164 e. The molecule has 2 heteroatoms. The highest BCUT2D eigenvalue weighted by atomic mass is 15.0. The maximum Gasteiger partial charge on any atom is 0.0164 e. The predicted molar refractivity (Wildman–Crippen MR) is 50.8 cm³/mol. The second-order valence-corrected chi connectivity index (χ2v) is 3.60. The molecule has 0 bridgehead atoms. The van der Waals surface area contributed by atoms with Crippen molar-refractivity contribution in [3.63, 3.8) is 0 Å². The van der Waals surface area contributed by atoms with E-state index >= 15 is 0 Å². The molecule has 0 amide bonds. The van der Waals surface area contributed by atoms with E-state index in [1.165, 1.54) is 6.42 Å². The van der Waals surface area contributed by atoms with Crippen molar-refractivity contribution in [3.8, 4) is 0 Å². The van der Waals surface area contributed by atoms with Gasteiger partial charge in [0.1, 0.15) is 0 Å². The van der Waals surface area contributed by atoms with Crippen LogP contribution >= 0.6 is 0 Å². The molecule has 0 fully saturated rings. The topological polar surface area (TPSA) is 24.1 Å². The van der Waals surface area contributed by atoms with Crippen molar-refractivity contribution < 1.29 is 0 Å². The van der Waals surface area contributed by atoms with Gasteiger partial charge in [-0.1, -0.05) is 13.8 Å². The number of hydrogen-bond acceptors (Lipinski definition) is 2. The Bertz CT molecular complexity index is 81.6. The Morgan fingerprint density at radius 2 is 1.82 bits per heavy atom. The van der Waals surface area contributed by atoms with E-state index in [0.717, 1.165) is 19.0 Å². The second-order valence-electron chi connectivity index (χ2n) is 3.60. The van der Waals surface area contributed by atoms with Crippen LogP contribution in [0.4, 0.5) is 0 Å². The monoisotopic (exact) mass is 158 g/mol. The summed E-state index contributed by atoms with van der Waals surface area (Å²) in [7, 11) is 1.99. The zero-order valence-electron chi connectivity index (χ0n) is 8.28. The lowest BCUT2D eigenvalue weighted by molar-refractivity contribution is 0.475. The van der Waals surface area contributed by atoms with Gasteiger partial charge in [0.2, 0.25) is 0 Å². The van der Waals surface area contributed by atoms with Gasteiger partial charge in [0, 0.05) is 12.6 Å². The molecule has 0 heterocycles. The lowest BCUT2D eigenvalue weighted by Crippen LogP contribution is -2.35. The molecule has 2 N–H and O–H groups in total. The Morgan fingerprint density at radius 1 is 1.18 bits per heavy atom. The zero-order valence-corrected chi connectivity index (χ0v) is 8.28. The molecule has 68 valence electrons. The molecule has 0 aliphatic rings. The molecule has 1 unspecified atom stereocenters. The maximum atomic E-state index is 3.45. The van der Waals surface area contributed by atoms with Gasteiger partial charge in [0.25, 0.3) is 0 Å². The highest BCUT2D eigenvalue weighted by molar-refractivity contribution is 4.62. The average Bonchev–Trinajstić information content (AvgIpc) is 1.87. The second kappa shape index (κ2) is 6.62. The molecule has 0 spiro atoms. The van der Waals surface area contributed by atoms with Crippen LogP contribution < -0.4 is 10.6 Å². The molecular weight excluding hydrogens is 136 g/mol. The van der Waals surface area contributed by atoms with Crippen LogP contribution in [-0.4, -0.2) is 26.2 Å². The maximum absolute atomic E-state index is 3.45. The minimum Gasteiger partial charge on any atom is -0.318 e. The Kier molecular flexibility index (Phi) is 6.57. The fraction of sp³-hybridized carbons (Fsp3) is 1.00. The van der Waals surface area contributed by atoms with Gasteiger partial charge in [-0.15, -0.1) is 0 Å². The van der Waals surface area contributed by atoms with Crippen molar-refractivity contribution in [2.24, 2.45) is 5.92 Å². The van der Waals surface area contributed by atoms with Crippen molar-refractivity contribution in [2.45, 2.75) is 33.2 Å². The first-order chi connectivity index (χ1) is 5.16. The van der Waals surface area contributed by atoms with Crippen molar-refractivity contribution in [1.29, 1.82) is 0 Å². The van der Waals surface area contributed by atoms with E-state index in [1.807, 2.05) is 7.05 Å². The average molecular weight is 158 g/mol. The van der Waals surface area contributed by atoms with Crippen molar-refractivity contribution >= 4 is 0 Å². The molecule has 0 aromatic rings. The van der Waals surface area contributed by atoms with Crippen LogP contribution in [0.1, 0.15) is 27.2 Å². The highest BCUT2D eigenvalue weighted by Crippen LogP contribution is 1.96. The SMILES string of the molecule is CNCC(C)NCCC(C)C. The summed E-state index contributed by atoms with van der Waals surface area (Å²) in [5, 5.41) is 6.60. The molecule has 0 saturated heterocycles. The first-order valence-corrected chi connectivity index (χ1v) is 4.54. The third-order valence-corrected chi connectivity index (χ3v) is 1.72. The van der Waals surface area contributed by atoms with Crippen LogP contribution in [-0.2, 0) is 0 Å². The van der Waals surface area contributed by atoms with E-state index in [1.54, 1.807) is 0 Å². The summed E-state index contributed by atoms with van der Waals surface area (Å²) in [5.74, 6) is 0.810. The summed E-state index contributed by atoms with van der Waals surface area (Å²) in [6.07, 6.45) is 1.27. The number of hydrogen-bond donors (Lipinski definition) is 2. The molecule has 0 rings (SSSR count). The van der Waals surface area contributed by atoms with Crippen LogP contribution in [0, 0.1) is 5.92 Å². The fourth-order valence-corrected chi connectivity index (χ4v) is 0.997. The fourth-order valence-electron chi connectivity index (χ4n) is 0.997. The summed E-state index contributed by atoms with van der Waals surface area (Å²) in [6, 6.07) is 0.596. The van der Waals surface area contributed by atoms with Gasteiger partial charge in [-0.25, -0.2) is 0 Å². The van der Waals surface area contributed by atoms with Crippen LogP contribution in [0.2, 0.25) is 0 Å². The van der Waals surface area contributed by atoms with Crippen LogP contribution in [0.3, 0.4) is 0 Å². The lowest BCUT2D eigenvalue weighted by Gasteiger charge is -2.13. The number of rotatable bonds is 6. The normalized spacial score (nSPS) is 13.9. The first kappa shape index (κ1) is 10.9. The molecule has 11 heavy (non-hydrogen) atoms. The molecular formula is C9H22N2. The molecule has 1 atom stereocenters. The Labute approximate surface area is 70.8 Å². The van der Waals surface area contributed by atoms with E-state index in [9.17, 15) is 0 Å².